The van der Waals surface area contributed by atoms with Crippen LogP contribution in [0.5, 0.6) is 0 Å². The first kappa shape index (κ1) is 12.6. The highest BCUT2D eigenvalue weighted by Gasteiger charge is 2.24. The summed E-state index contributed by atoms with van der Waals surface area (Å²) in [7, 11) is 0. The lowest BCUT2D eigenvalue weighted by atomic mass is 10.1. The molecule has 2 rings (SSSR count). The fraction of sp³-hybridized carbons (Fsp3) is 0.500. The largest absolute Gasteiger partial charge is 0.355 e. The van der Waals surface area contributed by atoms with Gasteiger partial charge in [-0.1, -0.05) is 52.7 Å². The molecule has 0 spiro atoms. The molecule has 1 saturated carbocycles. The first-order valence-electron chi connectivity index (χ1n) is 6.20. The first-order chi connectivity index (χ1) is 8.25. The summed E-state index contributed by atoms with van der Waals surface area (Å²) in [5.41, 5.74) is 1.08. The SMILES string of the molecule is O=C(Cc1ccccc1)NCC1CCCC1Br. The number of rotatable bonds is 4. The Morgan fingerprint density at radius 2 is 2.06 bits per heavy atom. The molecule has 0 heterocycles. The minimum Gasteiger partial charge on any atom is -0.355 e. The van der Waals surface area contributed by atoms with Crippen LogP contribution in [0.1, 0.15) is 24.8 Å². The Kier molecular flexibility index (Phi) is 4.60. The van der Waals surface area contributed by atoms with Gasteiger partial charge in [-0.25, -0.2) is 0 Å². The van der Waals surface area contributed by atoms with Crippen LogP contribution in [0.3, 0.4) is 0 Å². The van der Waals surface area contributed by atoms with E-state index in [1.165, 1.54) is 19.3 Å². The van der Waals surface area contributed by atoms with Crippen LogP contribution in [0.2, 0.25) is 0 Å². The average molecular weight is 296 g/mol. The van der Waals surface area contributed by atoms with Crippen molar-refractivity contribution >= 4 is 21.8 Å². The van der Waals surface area contributed by atoms with Gasteiger partial charge in [0.25, 0.3) is 0 Å². The van der Waals surface area contributed by atoms with Crippen molar-refractivity contribution in [3.63, 3.8) is 0 Å². The molecule has 2 nitrogen and oxygen atoms in total. The molecule has 0 saturated heterocycles. The molecular formula is C14H18BrNO. The summed E-state index contributed by atoms with van der Waals surface area (Å²) >= 11 is 3.67. The van der Waals surface area contributed by atoms with Gasteiger partial charge < -0.3 is 5.32 Å². The van der Waals surface area contributed by atoms with E-state index < -0.39 is 0 Å². The second kappa shape index (κ2) is 6.20. The average Bonchev–Trinajstić information content (AvgIpc) is 2.74. The second-order valence-electron chi connectivity index (χ2n) is 4.67. The number of hydrogen-bond acceptors (Lipinski definition) is 1. The molecule has 1 fully saturated rings. The van der Waals surface area contributed by atoms with Gasteiger partial charge in [0.05, 0.1) is 6.42 Å². The van der Waals surface area contributed by atoms with Crippen LogP contribution in [0.4, 0.5) is 0 Å². The normalized spacial score (nSPS) is 23.6. The van der Waals surface area contributed by atoms with Crippen molar-refractivity contribution in [2.24, 2.45) is 5.92 Å². The molecule has 0 aliphatic heterocycles. The van der Waals surface area contributed by atoms with Gasteiger partial charge in [0.2, 0.25) is 5.91 Å². The van der Waals surface area contributed by atoms with Crippen molar-refractivity contribution in [3.8, 4) is 0 Å². The van der Waals surface area contributed by atoms with E-state index in [4.69, 9.17) is 0 Å². The Balaban J connectivity index is 1.74. The third-order valence-corrected chi connectivity index (χ3v) is 4.54. The predicted molar refractivity (Wildman–Crippen MR) is 73.2 cm³/mol. The van der Waals surface area contributed by atoms with Gasteiger partial charge in [0.15, 0.2) is 0 Å². The van der Waals surface area contributed by atoms with Crippen LogP contribution in [-0.4, -0.2) is 17.3 Å². The van der Waals surface area contributed by atoms with Crippen molar-refractivity contribution in [1.29, 1.82) is 0 Å². The van der Waals surface area contributed by atoms with Crippen molar-refractivity contribution < 1.29 is 4.79 Å². The summed E-state index contributed by atoms with van der Waals surface area (Å²) in [5, 5.41) is 3.03. The highest BCUT2D eigenvalue weighted by Crippen LogP contribution is 2.30. The first-order valence-corrected chi connectivity index (χ1v) is 7.12. The van der Waals surface area contributed by atoms with Crippen molar-refractivity contribution in [3.05, 3.63) is 35.9 Å². The number of alkyl halides is 1. The van der Waals surface area contributed by atoms with E-state index in [1.54, 1.807) is 0 Å². The molecular weight excluding hydrogens is 278 g/mol. The Bertz CT molecular complexity index is 366. The number of hydrogen-bond donors (Lipinski definition) is 1. The fourth-order valence-corrected chi connectivity index (χ4v) is 3.09. The smallest absolute Gasteiger partial charge is 0.224 e. The van der Waals surface area contributed by atoms with Gasteiger partial charge in [-0.05, 0) is 24.3 Å². The van der Waals surface area contributed by atoms with Gasteiger partial charge in [-0.15, -0.1) is 0 Å². The third-order valence-electron chi connectivity index (χ3n) is 3.34. The number of carbonyl (C=O) groups excluding carboxylic acids is 1. The highest BCUT2D eigenvalue weighted by molar-refractivity contribution is 9.09. The molecule has 2 unspecified atom stereocenters. The number of halogens is 1. The molecule has 1 aromatic rings. The second-order valence-corrected chi connectivity index (χ2v) is 5.85. The van der Waals surface area contributed by atoms with E-state index in [0.717, 1.165) is 12.1 Å². The Labute approximate surface area is 111 Å². The topological polar surface area (TPSA) is 29.1 Å². The van der Waals surface area contributed by atoms with Gasteiger partial charge in [0.1, 0.15) is 0 Å². The van der Waals surface area contributed by atoms with Gasteiger partial charge in [-0.3, -0.25) is 4.79 Å². The molecule has 1 aliphatic carbocycles. The summed E-state index contributed by atoms with van der Waals surface area (Å²) in [4.78, 5) is 12.3. The molecule has 3 heteroatoms. The van der Waals surface area contributed by atoms with E-state index in [-0.39, 0.29) is 5.91 Å². The standard InChI is InChI=1S/C14H18BrNO/c15-13-8-4-7-12(13)10-16-14(17)9-11-5-2-1-3-6-11/h1-3,5-6,12-13H,4,7-10H2,(H,16,17). The lowest BCUT2D eigenvalue weighted by Crippen LogP contribution is -2.32. The summed E-state index contributed by atoms with van der Waals surface area (Å²) in [6, 6.07) is 9.88. The molecule has 0 aromatic heterocycles. The van der Waals surface area contributed by atoms with Crippen molar-refractivity contribution in [2.75, 3.05) is 6.54 Å². The molecule has 1 aromatic carbocycles. The van der Waals surface area contributed by atoms with Crippen molar-refractivity contribution in [1.82, 2.24) is 5.32 Å². The Morgan fingerprint density at radius 3 is 2.71 bits per heavy atom. The minimum absolute atomic E-state index is 0.128. The zero-order valence-corrected chi connectivity index (χ0v) is 11.4. The molecule has 1 aliphatic rings. The fourth-order valence-electron chi connectivity index (χ4n) is 2.31. The molecule has 17 heavy (non-hydrogen) atoms. The summed E-state index contributed by atoms with van der Waals surface area (Å²) in [6.07, 6.45) is 4.22. The van der Waals surface area contributed by atoms with Crippen molar-refractivity contribution in [2.45, 2.75) is 30.5 Å². The monoisotopic (exact) mass is 295 g/mol. The maximum Gasteiger partial charge on any atom is 0.224 e. The maximum absolute atomic E-state index is 11.7. The number of amides is 1. The molecule has 1 N–H and O–H groups in total. The third kappa shape index (κ3) is 3.84. The molecule has 92 valence electrons. The van der Waals surface area contributed by atoms with Gasteiger partial charge in [-0.2, -0.15) is 0 Å². The summed E-state index contributed by atoms with van der Waals surface area (Å²) in [6.45, 7) is 0.807. The zero-order chi connectivity index (χ0) is 12.1. The molecule has 2 atom stereocenters. The van der Waals surface area contributed by atoms with E-state index in [1.807, 2.05) is 30.3 Å². The van der Waals surface area contributed by atoms with E-state index in [2.05, 4.69) is 21.2 Å². The molecule has 1 amide bonds. The molecule has 0 bridgehead atoms. The number of nitrogens with one attached hydrogen (secondary N) is 1. The predicted octanol–water partition coefficient (Wildman–Crippen LogP) is 2.91. The number of benzene rings is 1. The lowest BCUT2D eigenvalue weighted by molar-refractivity contribution is -0.120. The Hall–Kier alpha value is -0.830. The highest BCUT2D eigenvalue weighted by atomic mass is 79.9. The maximum atomic E-state index is 11.7. The zero-order valence-electron chi connectivity index (χ0n) is 9.86. The quantitative estimate of drug-likeness (QED) is 0.850. The Morgan fingerprint density at radius 1 is 1.29 bits per heavy atom. The lowest BCUT2D eigenvalue weighted by Gasteiger charge is -2.14. The van der Waals surface area contributed by atoms with Crippen LogP contribution in [0, 0.1) is 5.92 Å². The summed E-state index contributed by atoms with van der Waals surface area (Å²) in [5.74, 6) is 0.734. The summed E-state index contributed by atoms with van der Waals surface area (Å²) < 4.78 is 0. The van der Waals surface area contributed by atoms with E-state index in [9.17, 15) is 4.79 Å². The van der Waals surface area contributed by atoms with Crippen LogP contribution in [0.25, 0.3) is 0 Å². The van der Waals surface area contributed by atoms with Crippen LogP contribution in [-0.2, 0) is 11.2 Å². The van der Waals surface area contributed by atoms with Gasteiger partial charge >= 0.3 is 0 Å². The number of carbonyl (C=O) groups is 1. The van der Waals surface area contributed by atoms with E-state index >= 15 is 0 Å². The molecule has 0 radical (unpaired) electrons. The minimum atomic E-state index is 0.128. The van der Waals surface area contributed by atoms with Crippen LogP contribution in [0.15, 0.2) is 30.3 Å². The van der Waals surface area contributed by atoms with E-state index in [0.29, 0.717) is 17.2 Å². The van der Waals surface area contributed by atoms with Crippen LogP contribution < -0.4 is 5.32 Å². The van der Waals surface area contributed by atoms with Gasteiger partial charge in [0, 0.05) is 11.4 Å². The van der Waals surface area contributed by atoms with Crippen LogP contribution >= 0.6 is 15.9 Å².